The number of aromatic amines is 1. The summed E-state index contributed by atoms with van der Waals surface area (Å²) in [6.45, 7) is 0. The van der Waals surface area contributed by atoms with Crippen LogP contribution in [-0.4, -0.2) is 35.1 Å². The number of carbonyl (C=O) groups is 1. The lowest BCUT2D eigenvalue weighted by molar-refractivity contribution is -0.170. The maximum absolute atomic E-state index is 12.6. The third-order valence-electron chi connectivity index (χ3n) is 6.65. The van der Waals surface area contributed by atoms with Crippen LogP contribution >= 0.6 is 0 Å². The van der Waals surface area contributed by atoms with Gasteiger partial charge in [-0.25, -0.2) is 10.0 Å². The standard InChI is InChI=1S/C28H27N3O2/c1-31(33-2)26(32)24-18-23(24)25-19-29-27(30-25)28(20-12-6-3-7-13-20,21-14-8-4-9-15-21)22-16-10-5-11-17-22/h3-17,19,23-24H,18H2,1-2H3,(H,29,30). The summed E-state index contributed by atoms with van der Waals surface area (Å²) < 4.78 is 0. The number of rotatable bonds is 7. The number of H-pyrrole nitrogens is 1. The lowest BCUT2D eigenvalue weighted by Gasteiger charge is -2.34. The zero-order valence-corrected chi connectivity index (χ0v) is 18.8. The normalized spacial score (nSPS) is 17.5. The van der Waals surface area contributed by atoms with Gasteiger partial charge < -0.3 is 4.98 Å². The minimum Gasteiger partial charge on any atom is -0.347 e. The molecule has 1 aliphatic carbocycles. The highest BCUT2D eigenvalue weighted by Crippen LogP contribution is 2.49. The molecule has 1 fully saturated rings. The van der Waals surface area contributed by atoms with Gasteiger partial charge >= 0.3 is 0 Å². The van der Waals surface area contributed by atoms with Crippen LogP contribution in [0.1, 0.15) is 40.5 Å². The van der Waals surface area contributed by atoms with E-state index in [9.17, 15) is 4.79 Å². The Kier molecular flexibility index (Phi) is 5.56. The molecule has 0 saturated heterocycles. The van der Waals surface area contributed by atoms with Crippen LogP contribution in [0, 0.1) is 5.92 Å². The van der Waals surface area contributed by atoms with E-state index in [0.717, 1.165) is 34.6 Å². The van der Waals surface area contributed by atoms with E-state index in [1.54, 1.807) is 7.05 Å². The molecule has 1 amide bonds. The van der Waals surface area contributed by atoms with Gasteiger partial charge in [-0.15, -0.1) is 0 Å². The second-order valence-corrected chi connectivity index (χ2v) is 8.49. The van der Waals surface area contributed by atoms with Crippen molar-refractivity contribution in [1.82, 2.24) is 15.0 Å². The van der Waals surface area contributed by atoms with Crippen molar-refractivity contribution in [2.45, 2.75) is 17.8 Å². The van der Waals surface area contributed by atoms with Crippen LogP contribution in [0.4, 0.5) is 0 Å². The molecule has 0 bridgehead atoms. The van der Waals surface area contributed by atoms with Crippen LogP contribution in [0.2, 0.25) is 0 Å². The second kappa shape index (κ2) is 8.68. The van der Waals surface area contributed by atoms with Crippen LogP contribution in [-0.2, 0) is 15.0 Å². The van der Waals surface area contributed by atoms with Gasteiger partial charge in [0.2, 0.25) is 5.91 Å². The van der Waals surface area contributed by atoms with E-state index in [-0.39, 0.29) is 17.7 Å². The van der Waals surface area contributed by atoms with E-state index in [2.05, 4.69) is 77.8 Å². The van der Waals surface area contributed by atoms with Crippen LogP contribution in [0.5, 0.6) is 0 Å². The maximum atomic E-state index is 12.6. The first-order valence-corrected chi connectivity index (χ1v) is 11.2. The summed E-state index contributed by atoms with van der Waals surface area (Å²) in [5.41, 5.74) is 3.70. The van der Waals surface area contributed by atoms with E-state index in [4.69, 9.17) is 9.82 Å². The number of nitrogens with one attached hydrogen (secondary N) is 1. The summed E-state index contributed by atoms with van der Waals surface area (Å²) in [6, 6.07) is 31.4. The van der Waals surface area contributed by atoms with E-state index < -0.39 is 5.41 Å². The molecule has 1 aromatic heterocycles. The Morgan fingerprint density at radius 3 is 1.85 bits per heavy atom. The van der Waals surface area contributed by atoms with Crippen LogP contribution in [0.15, 0.2) is 97.2 Å². The second-order valence-electron chi connectivity index (χ2n) is 8.49. The van der Waals surface area contributed by atoms with E-state index in [1.165, 1.54) is 12.2 Å². The number of carbonyl (C=O) groups excluding carboxylic acids is 1. The highest BCUT2D eigenvalue weighted by molar-refractivity contribution is 5.81. The topological polar surface area (TPSA) is 58.2 Å². The molecular weight excluding hydrogens is 410 g/mol. The molecule has 1 aliphatic rings. The van der Waals surface area contributed by atoms with Crippen molar-refractivity contribution in [3.63, 3.8) is 0 Å². The smallest absolute Gasteiger partial charge is 0.249 e. The molecule has 5 heteroatoms. The molecule has 0 radical (unpaired) electrons. The quantitative estimate of drug-likeness (QED) is 0.330. The van der Waals surface area contributed by atoms with E-state index in [0.29, 0.717) is 0 Å². The molecule has 2 unspecified atom stereocenters. The molecule has 5 nitrogen and oxygen atoms in total. The van der Waals surface area contributed by atoms with E-state index >= 15 is 0 Å². The van der Waals surface area contributed by atoms with Crippen molar-refractivity contribution < 1.29 is 9.63 Å². The van der Waals surface area contributed by atoms with Gasteiger partial charge in [0.15, 0.2) is 0 Å². The first-order chi connectivity index (χ1) is 16.2. The predicted octanol–water partition coefficient (Wildman–Crippen LogP) is 4.92. The maximum Gasteiger partial charge on any atom is 0.249 e. The monoisotopic (exact) mass is 437 g/mol. The lowest BCUT2D eigenvalue weighted by atomic mass is 9.69. The molecular formula is C28H27N3O2. The minimum atomic E-state index is -0.611. The Labute approximate surface area is 194 Å². The van der Waals surface area contributed by atoms with Crippen molar-refractivity contribution in [2.75, 3.05) is 14.2 Å². The van der Waals surface area contributed by atoms with Gasteiger partial charge in [-0.05, 0) is 23.1 Å². The number of hydroxylamine groups is 2. The van der Waals surface area contributed by atoms with Crippen LogP contribution in [0.3, 0.4) is 0 Å². The number of amides is 1. The average molecular weight is 438 g/mol. The summed E-state index contributed by atoms with van der Waals surface area (Å²) in [6.07, 6.45) is 2.75. The SMILES string of the molecule is CON(C)C(=O)C1CC1c1c[nH]c(C(c2ccccc2)(c2ccccc2)c2ccccc2)n1. The van der Waals surface area contributed by atoms with Gasteiger partial charge in [-0.2, -0.15) is 0 Å². The Morgan fingerprint density at radius 1 is 0.909 bits per heavy atom. The number of nitrogens with zero attached hydrogens (tertiary/aromatic N) is 2. The Hall–Kier alpha value is -3.70. The van der Waals surface area contributed by atoms with Crippen LogP contribution < -0.4 is 0 Å². The zero-order chi connectivity index (χ0) is 22.8. The number of benzene rings is 3. The highest BCUT2D eigenvalue weighted by atomic mass is 16.7. The number of aromatic nitrogens is 2. The fraction of sp³-hybridized carbons (Fsp3) is 0.214. The first-order valence-electron chi connectivity index (χ1n) is 11.2. The largest absolute Gasteiger partial charge is 0.347 e. The summed E-state index contributed by atoms with van der Waals surface area (Å²) in [4.78, 5) is 26.3. The third-order valence-corrected chi connectivity index (χ3v) is 6.65. The average Bonchev–Trinajstić information content (AvgIpc) is 3.54. The van der Waals surface area contributed by atoms with Gasteiger partial charge in [0, 0.05) is 25.1 Å². The highest BCUT2D eigenvalue weighted by Gasteiger charge is 2.48. The molecule has 3 aromatic carbocycles. The Balaban J connectivity index is 1.65. The zero-order valence-electron chi connectivity index (χ0n) is 18.8. The molecule has 2 atom stereocenters. The molecule has 5 rings (SSSR count). The molecule has 33 heavy (non-hydrogen) atoms. The van der Waals surface area contributed by atoms with Crippen molar-refractivity contribution >= 4 is 5.91 Å². The van der Waals surface area contributed by atoms with E-state index in [1.807, 2.05) is 24.4 Å². The summed E-state index contributed by atoms with van der Waals surface area (Å²) >= 11 is 0. The molecule has 1 N–H and O–H groups in total. The molecule has 1 saturated carbocycles. The Morgan fingerprint density at radius 2 is 1.39 bits per heavy atom. The predicted molar refractivity (Wildman–Crippen MR) is 128 cm³/mol. The van der Waals surface area contributed by atoms with Crippen molar-refractivity contribution in [1.29, 1.82) is 0 Å². The summed E-state index contributed by atoms with van der Waals surface area (Å²) in [5.74, 6) is 0.845. The van der Waals surface area contributed by atoms with Crippen molar-refractivity contribution in [3.8, 4) is 0 Å². The molecule has 0 aliphatic heterocycles. The number of hydrogen-bond donors (Lipinski definition) is 1. The molecule has 166 valence electrons. The number of hydrogen-bond acceptors (Lipinski definition) is 3. The van der Waals surface area contributed by atoms with Gasteiger partial charge in [0.1, 0.15) is 11.2 Å². The van der Waals surface area contributed by atoms with Crippen molar-refractivity contribution in [2.24, 2.45) is 5.92 Å². The third kappa shape index (κ3) is 3.64. The molecule has 0 spiro atoms. The lowest BCUT2D eigenvalue weighted by Crippen LogP contribution is -2.32. The Bertz CT molecular complexity index is 1130. The summed E-state index contributed by atoms with van der Waals surface area (Å²) in [5, 5.41) is 1.31. The van der Waals surface area contributed by atoms with Crippen LogP contribution in [0.25, 0.3) is 0 Å². The molecule has 1 heterocycles. The molecule has 4 aromatic rings. The summed E-state index contributed by atoms with van der Waals surface area (Å²) in [7, 11) is 3.16. The van der Waals surface area contributed by atoms with Gasteiger partial charge in [0.25, 0.3) is 0 Å². The van der Waals surface area contributed by atoms with Gasteiger partial charge in [-0.1, -0.05) is 91.0 Å². The van der Waals surface area contributed by atoms with Crippen molar-refractivity contribution in [3.05, 3.63) is 125 Å². The van der Waals surface area contributed by atoms with Gasteiger partial charge in [-0.3, -0.25) is 9.63 Å². The van der Waals surface area contributed by atoms with Gasteiger partial charge in [0.05, 0.1) is 12.8 Å². The fourth-order valence-corrected chi connectivity index (χ4v) is 4.81. The minimum absolute atomic E-state index is 0.00695. The fourth-order valence-electron chi connectivity index (χ4n) is 4.81. The number of imidazole rings is 1. The first kappa shape index (κ1) is 21.2.